The van der Waals surface area contributed by atoms with Gasteiger partial charge in [0, 0.05) is 6.54 Å². The molecule has 0 heterocycles. The van der Waals surface area contributed by atoms with E-state index in [4.69, 9.17) is 9.47 Å². The summed E-state index contributed by atoms with van der Waals surface area (Å²) in [6.45, 7) is 0.0690. The summed E-state index contributed by atoms with van der Waals surface area (Å²) >= 11 is 0. The topological polar surface area (TPSA) is 81.7 Å². The molecule has 0 atom stereocenters. The second kappa shape index (κ2) is 8.86. The van der Waals surface area contributed by atoms with E-state index >= 15 is 0 Å². The van der Waals surface area contributed by atoms with Gasteiger partial charge in [0.15, 0.2) is 0 Å². The van der Waals surface area contributed by atoms with Crippen LogP contribution in [0, 0.1) is 0 Å². The molecule has 0 aliphatic rings. The van der Waals surface area contributed by atoms with Crippen molar-refractivity contribution >= 4 is 26.8 Å². The van der Waals surface area contributed by atoms with Crippen LogP contribution in [0.5, 0.6) is 5.75 Å². The summed E-state index contributed by atoms with van der Waals surface area (Å²) in [5.74, 6) is 0.195. The van der Waals surface area contributed by atoms with Gasteiger partial charge in [-0.2, -0.15) is 0 Å². The Morgan fingerprint density at radius 3 is 2.54 bits per heavy atom. The Balaban J connectivity index is 1.51. The highest BCUT2D eigenvalue weighted by molar-refractivity contribution is 7.89. The maximum Gasteiger partial charge on any atom is 0.307 e. The minimum Gasteiger partial charge on any atom is -0.497 e. The van der Waals surface area contributed by atoms with Crippen molar-refractivity contribution in [2.45, 2.75) is 17.9 Å². The molecular weight excluding hydrogens is 378 g/mol. The van der Waals surface area contributed by atoms with Crippen LogP contribution >= 0.6 is 0 Å². The van der Waals surface area contributed by atoms with Gasteiger partial charge in [0.2, 0.25) is 10.0 Å². The van der Waals surface area contributed by atoms with Crippen LogP contribution in [0.25, 0.3) is 10.8 Å². The van der Waals surface area contributed by atoms with Gasteiger partial charge < -0.3 is 9.47 Å². The first kappa shape index (κ1) is 19.9. The van der Waals surface area contributed by atoms with Crippen LogP contribution < -0.4 is 9.46 Å². The van der Waals surface area contributed by atoms with E-state index in [1.54, 1.807) is 43.5 Å². The van der Waals surface area contributed by atoms with Crippen LogP contribution in [0.3, 0.4) is 0 Å². The Morgan fingerprint density at radius 1 is 0.964 bits per heavy atom. The van der Waals surface area contributed by atoms with Crippen molar-refractivity contribution in [1.29, 1.82) is 0 Å². The lowest BCUT2D eigenvalue weighted by atomic mass is 10.1. The molecule has 3 rings (SSSR count). The molecule has 0 radical (unpaired) electrons. The second-order valence-corrected chi connectivity index (χ2v) is 7.94. The molecule has 0 aromatic heterocycles. The van der Waals surface area contributed by atoms with Gasteiger partial charge in [0.1, 0.15) is 12.4 Å². The molecule has 0 spiro atoms. The van der Waals surface area contributed by atoms with E-state index < -0.39 is 16.0 Å². The zero-order valence-electron chi connectivity index (χ0n) is 15.4. The van der Waals surface area contributed by atoms with Crippen molar-refractivity contribution in [1.82, 2.24) is 4.72 Å². The van der Waals surface area contributed by atoms with E-state index in [0.717, 1.165) is 16.3 Å². The van der Waals surface area contributed by atoms with Gasteiger partial charge in [-0.15, -0.1) is 0 Å². The number of methoxy groups -OCH3 is 1. The number of hydrogen-bond donors (Lipinski definition) is 1. The lowest BCUT2D eigenvalue weighted by Crippen LogP contribution is -2.26. The Bertz CT molecular complexity index is 1080. The highest BCUT2D eigenvalue weighted by Gasteiger charge is 2.15. The van der Waals surface area contributed by atoms with Gasteiger partial charge in [-0.3, -0.25) is 4.79 Å². The fraction of sp³-hybridized carbons (Fsp3) is 0.190. The molecule has 7 heteroatoms. The van der Waals surface area contributed by atoms with Gasteiger partial charge in [-0.05, 0) is 40.6 Å². The minimum absolute atomic E-state index is 0.0356. The van der Waals surface area contributed by atoms with Crippen molar-refractivity contribution in [3.8, 4) is 5.75 Å². The maximum atomic E-state index is 12.4. The molecule has 0 unspecified atom stereocenters. The average Bonchev–Trinajstić information content (AvgIpc) is 2.72. The Kier molecular flexibility index (Phi) is 6.28. The minimum atomic E-state index is -3.70. The van der Waals surface area contributed by atoms with Gasteiger partial charge >= 0.3 is 5.97 Å². The number of benzene rings is 3. The van der Waals surface area contributed by atoms with Crippen molar-refractivity contribution in [3.05, 3.63) is 72.3 Å². The number of fused-ring (bicyclic) bond motifs is 1. The lowest BCUT2D eigenvalue weighted by molar-refractivity contribution is -0.144. The quantitative estimate of drug-likeness (QED) is 0.588. The molecule has 1 N–H and O–H groups in total. The van der Waals surface area contributed by atoms with Crippen LogP contribution in [0.1, 0.15) is 12.0 Å². The zero-order valence-corrected chi connectivity index (χ0v) is 16.2. The van der Waals surface area contributed by atoms with E-state index in [9.17, 15) is 13.2 Å². The number of hydrogen-bond acceptors (Lipinski definition) is 5. The molecule has 6 nitrogen and oxygen atoms in total. The molecule has 28 heavy (non-hydrogen) atoms. The molecule has 0 fully saturated rings. The maximum absolute atomic E-state index is 12.4. The Hall–Kier alpha value is -2.90. The normalized spacial score (nSPS) is 11.3. The number of carbonyl (C=O) groups excluding carboxylic acids is 1. The third kappa shape index (κ3) is 5.09. The SMILES string of the molecule is COc1cccc(COC(=O)CCNS(=O)(=O)c2ccc3ccccc3c2)c1. The standard InChI is InChI=1S/C21H21NO5S/c1-26-19-8-4-5-16(13-19)15-27-21(23)11-12-22-28(24,25)20-10-9-17-6-2-3-7-18(17)14-20/h2-10,13-14,22H,11-12,15H2,1H3. The van der Waals surface area contributed by atoms with Gasteiger partial charge in [-0.25, -0.2) is 13.1 Å². The predicted molar refractivity (Wildman–Crippen MR) is 107 cm³/mol. The Morgan fingerprint density at radius 2 is 1.75 bits per heavy atom. The van der Waals surface area contributed by atoms with E-state index in [2.05, 4.69) is 4.72 Å². The van der Waals surface area contributed by atoms with E-state index in [0.29, 0.717) is 5.75 Å². The van der Waals surface area contributed by atoms with Gasteiger partial charge in [-0.1, -0.05) is 42.5 Å². The van der Waals surface area contributed by atoms with Crippen molar-refractivity contribution in [2.24, 2.45) is 0 Å². The molecular formula is C21H21NO5S. The summed E-state index contributed by atoms with van der Waals surface area (Å²) in [5.41, 5.74) is 0.796. The summed E-state index contributed by atoms with van der Waals surface area (Å²) in [5, 5.41) is 1.80. The van der Waals surface area contributed by atoms with Crippen LogP contribution in [0.15, 0.2) is 71.6 Å². The zero-order chi connectivity index (χ0) is 20.0. The van der Waals surface area contributed by atoms with Crippen LogP contribution in [-0.4, -0.2) is 28.0 Å². The number of nitrogens with one attached hydrogen (secondary N) is 1. The number of rotatable bonds is 8. The van der Waals surface area contributed by atoms with E-state index in [1.807, 2.05) is 30.3 Å². The number of ether oxygens (including phenoxy) is 2. The molecule has 0 amide bonds. The van der Waals surface area contributed by atoms with Crippen LogP contribution in [0.4, 0.5) is 0 Å². The van der Waals surface area contributed by atoms with Crippen molar-refractivity contribution in [2.75, 3.05) is 13.7 Å². The van der Waals surface area contributed by atoms with Gasteiger partial charge in [0.05, 0.1) is 18.4 Å². The smallest absolute Gasteiger partial charge is 0.307 e. The van der Waals surface area contributed by atoms with Gasteiger partial charge in [0.25, 0.3) is 0 Å². The fourth-order valence-corrected chi connectivity index (χ4v) is 3.77. The third-order valence-corrected chi connectivity index (χ3v) is 5.65. The van der Waals surface area contributed by atoms with Crippen molar-refractivity contribution < 1.29 is 22.7 Å². The molecule has 3 aromatic carbocycles. The summed E-state index contributed by atoms with van der Waals surface area (Å²) < 4.78 is 37.6. The summed E-state index contributed by atoms with van der Waals surface area (Å²) in [6.07, 6.45) is -0.0588. The van der Waals surface area contributed by atoms with E-state index in [1.165, 1.54) is 0 Å². The summed E-state index contributed by atoms with van der Waals surface area (Å²) in [7, 11) is -2.14. The Labute approximate surface area is 164 Å². The number of sulfonamides is 1. The molecule has 0 saturated heterocycles. The van der Waals surface area contributed by atoms with Crippen LogP contribution in [0.2, 0.25) is 0 Å². The molecule has 0 saturated carbocycles. The molecule has 146 valence electrons. The number of carbonyl (C=O) groups is 1. The fourth-order valence-electron chi connectivity index (χ4n) is 2.70. The summed E-state index contributed by atoms with van der Waals surface area (Å²) in [4.78, 5) is 12.0. The monoisotopic (exact) mass is 399 g/mol. The molecule has 3 aromatic rings. The van der Waals surface area contributed by atoms with Crippen molar-refractivity contribution in [3.63, 3.8) is 0 Å². The first-order valence-electron chi connectivity index (χ1n) is 8.75. The highest BCUT2D eigenvalue weighted by Crippen LogP contribution is 2.19. The first-order valence-corrected chi connectivity index (χ1v) is 10.2. The molecule has 0 aliphatic carbocycles. The predicted octanol–water partition coefficient (Wildman–Crippen LogP) is 3.26. The second-order valence-electron chi connectivity index (χ2n) is 6.17. The van der Waals surface area contributed by atoms with E-state index in [-0.39, 0.29) is 24.5 Å². The molecule has 0 aliphatic heterocycles. The largest absolute Gasteiger partial charge is 0.497 e. The average molecular weight is 399 g/mol. The number of esters is 1. The molecule has 0 bridgehead atoms. The lowest BCUT2D eigenvalue weighted by Gasteiger charge is -2.09. The van der Waals surface area contributed by atoms with Crippen LogP contribution in [-0.2, 0) is 26.2 Å². The highest BCUT2D eigenvalue weighted by atomic mass is 32.2. The summed E-state index contributed by atoms with van der Waals surface area (Å²) in [6, 6.07) is 19.6. The third-order valence-electron chi connectivity index (χ3n) is 4.19. The first-order chi connectivity index (χ1) is 13.5.